The van der Waals surface area contributed by atoms with Crippen molar-refractivity contribution in [2.24, 2.45) is 10.9 Å². The molecule has 2 rings (SSSR count). The topological polar surface area (TPSA) is 46.1 Å². The summed E-state index contributed by atoms with van der Waals surface area (Å²) in [5, 5.41) is 3.29. The molecule has 1 fully saturated rings. The lowest BCUT2D eigenvalue weighted by molar-refractivity contribution is 0.115. The van der Waals surface area contributed by atoms with E-state index in [1.54, 1.807) is 20.2 Å². The van der Waals surface area contributed by atoms with E-state index < -0.39 is 0 Å². The number of aliphatic imine (C=N–C) groups is 1. The van der Waals surface area contributed by atoms with Gasteiger partial charge in [0.15, 0.2) is 5.96 Å². The van der Waals surface area contributed by atoms with Crippen molar-refractivity contribution in [3.05, 3.63) is 35.1 Å². The quantitative estimate of drug-likeness (QED) is 0.264. The van der Waals surface area contributed by atoms with Gasteiger partial charge in [0.2, 0.25) is 0 Å². The maximum atomic E-state index is 13.6. The molecule has 25 heavy (non-hydrogen) atoms. The molecule has 1 N–H and O–H groups in total. The molecule has 0 aromatic heterocycles. The van der Waals surface area contributed by atoms with E-state index in [0.29, 0.717) is 18.7 Å². The third-order valence-electron chi connectivity index (χ3n) is 4.06. The van der Waals surface area contributed by atoms with Gasteiger partial charge in [-0.25, -0.2) is 4.39 Å². The first-order valence-electron chi connectivity index (χ1n) is 8.39. The van der Waals surface area contributed by atoms with Crippen LogP contribution in [0, 0.1) is 11.7 Å². The third-order valence-corrected chi connectivity index (χ3v) is 4.06. The Morgan fingerprint density at radius 2 is 2.16 bits per heavy atom. The summed E-state index contributed by atoms with van der Waals surface area (Å²) in [5.41, 5.74) is 1.55. The number of hydrogen-bond acceptors (Lipinski definition) is 3. The number of hydrogen-bond donors (Lipinski definition) is 1. The summed E-state index contributed by atoms with van der Waals surface area (Å²) in [4.78, 5) is 6.32. The van der Waals surface area contributed by atoms with Crippen LogP contribution in [-0.2, 0) is 22.6 Å². The zero-order valence-electron chi connectivity index (χ0n) is 15.3. The molecule has 5 nitrogen and oxygen atoms in total. The van der Waals surface area contributed by atoms with Gasteiger partial charge in [0.05, 0.1) is 13.2 Å². The average Bonchev–Trinajstić information content (AvgIpc) is 3.39. The Hall–Kier alpha value is -0.930. The van der Waals surface area contributed by atoms with Crippen LogP contribution in [0.1, 0.15) is 24.0 Å². The standard InChI is InChI=1S/C18H28FN3O2.HI/c1-20-18(22(2)8-9-24-12-14-4-5-14)21-11-15-6-7-17(19)16(10-15)13-23-3;/h6-7,10,14H,4-5,8-9,11-13H2,1-3H3,(H,20,21);1H. The SMILES string of the molecule is CN=C(NCc1ccc(F)c(COC)c1)N(C)CCOCC1CC1.I. The molecule has 1 aliphatic carbocycles. The van der Waals surface area contributed by atoms with E-state index in [-0.39, 0.29) is 36.4 Å². The molecule has 0 aliphatic heterocycles. The Kier molecular flexibility index (Phi) is 10.3. The summed E-state index contributed by atoms with van der Waals surface area (Å²) in [6, 6.07) is 5.06. The van der Waals surface area contributed by atoms with E-state index in [0.717, 1.165) is 30.6 Å². The van der Waals surface area contributed by atoms with Crippen LogP contribution in [0.5, 0.6) is 0 Å². The van der Waals surface area contributed by atoms with Gasteiger partial charge in [-0.15, -0.1) is 24.0 Å². The maximum Gasteiger partial charge on any atom is 0.193 e. The fraction of sp³-hybridized carbons (Fsp3) is 0.611. The van der Waals surface area contributed by atoms with Gasteiger partial charge in [0.1, 0.15) is 5.82 Å². The first-order valence-corrected chi connectivity index (χ1v) is 8.39. The molecule has 1 saturated carbocycles. The van der Waals surface area contributed by atoms with Crippen molar-refractivity contribution in [2.45, 2.75) is 26.0 Å². The Balaban J connectivity index is 0.00000312. The van der Waals surface area contributed by atoms with Gasteiger partial charge < -0.3 is 19.7 Å². The number of guanidine groups is 1. The molecule has 0 amide bonds. The Morgan fingerprint density at radius 3 is 2.80 bits per heavy atom. The molecule has 0 bridgehead atoms. The van der Waals surface area contributed by atoms with E-state index >= 15 is 0 Å². The highest BCUT2D eigenvalue weighted by molar-refractivity contribution is 14.0. The highest BCUT2D eigenvalue weighted by Crippen LogP contribution is 2.28. The van der Waals surface area contributed by atoms with Crippen LogP contribution in [0.15, 0.2) is 23.2 Å². The van der Waals surface area contributed by atoms with Gasteiger partial charge in [0.25, 0.3) is 0 Å². The normalized spacial score (nSPS) is 14.2. The molecule has 142 valence electrons. The molecule has 0 saturated heterocycles. The Bertz CT molecular complexity index is 553. The summed E-state index contributed by atoms with van der Waals surface area (Å²) in [6.45, 7) is 3.20. The van der Waals surface area contributed by atoms with Crippen LogP contribution >= 0.6 is 24.0 Å². The molecule has 0 atom stereocenters. The summed E-state index contributed by atoms with van der Waals surface area (Å²) in [7, 11) is 5.30. The Morgan fingerprint density at radius 1 is 1.40 bits per heavy atom. The smallest absolute Gasteiger partial charge is 0.193 e. The monoisotopic (exact) mass is 465 g/mol. The second-order valence-corrected chi connectivity index (χ2v) is 6.20. The number of halogens is 2. The van der Waals surface area contributed by atoms with Crippen LogP contribution < -0.4 is 5.32 Å². The molecular formula is C18H29FIN3O2. The van der Waals surface area contributed by atoms with Gasteiger partial charge in [-0.2, -0.15) is 0 Å². The molecule has 0 radical (unpaired) electrons. The minimum absolute atomic E-state index is 0. The molecule has 1 aromatic carbocycles. The second kappa shape index (κ2) is 11.6. The first kappa shape index (κ1) is 22.1. The van der Waals surface area contributed by atoms with Crippen molar-refractivity contribution in [1.29, 1.82) is 0 Å². The lowest BCUT2D eigenvalue weighted by Crippen LogP contribution is -2.40. The number of nitrogens with zero attached hydrogens (tertiary/aromatic N) is 2. The third kappa shape index (κ3) is 7.87. The molecule has 1 aliphatic rings. The van der Waals surface area contributed by atoms with Crippen molar-refractivity contribution in [3.8, 4) is 0 Å². The summed E-state index contributed by atoms with van der Waals surface area (Å²) >= 11 is 0. The summed E-state index contributed by atoms with van der Waals surface area (Å²) in [5.74, 6) is 1.34. The van der Waals surface area contributed by atoms with E-state index in [4.69, 9.17) is 9.47 Å². The van der Waals surface area contributed by atoms with E-state index in [9.17, 15) is 4.39 Å². The van der Waals surface area contributed by atoms with Crippen molar-refractivity contribution < 1.29 is 13.9 Å². The maximum absolute atomic E-state index is 13.6. The number of likely N-dealkylation sites (N-methyl/N-ethyl adjacent to an activating group) is 1. The zero-order valence-corrected chi connectivity index (χ0v) is 17.6. The first-order chi connectivity index (χ1) is 11.6. The van der Waals surface area contributed by atoms with E-state index in [1.807, 2.05) is 18.0 Å². The van der Waals surface area contributed by atoms with Gasteiger partial charge >= 0.3 is 0 Å². The fourth-order valence-corrected chi connectivity index (χ4v) is 2.41. The summed E-state index contributed by atoms with van der Waals surface area (Å²) < 4.78 is 24.3. The van der Waals surface area contributed by atoms with Gasteiger partial charge in [-0.1, -0.05) is 6.07 Å². The number of nitrogens with one attached hydrogen (secondary N) is 1. The van der Waals surface area contributed by atoms with Crippen molar-refractivity contribution >= 4 is 29.9 Å². The molecule has 0 spiro atoms. The lowest BCUT2D eigenvalue weighted by atomic mass is 10.1. The molecule has 0 heterocycles. The van der Waals surface area contributed by atoms with E-state index in [1.165, 1.54) is 18.9 Å². The highest BCUT2D eigenvalue weighted by atomic mass is 127. The van der Waals surface area contributed by atoms with Gasteiger partial charge in [-0.3, -0.25) is 4.99 Å². The lowest BCUT2D eigenvalue weighted by Gasteiger charge is -2.22. The second-order valence-electron chi connectivity index (χ2n) is 6.20. The number of ether oxygens (including phenoxy) is 2. The van der Waals surface area contributed by atoms with Crippen molar-refractivity contribution in [1.82, 2.24) is 10.2 Å². The minimum Gasteiger partial charge on any atom is -0.380 e. The average molecular weight is 465 g/mol. The molecule has 7 heteroatoms. The van der Waals surface area contributed by atoms with Crippen LogP contribution in [0.25, 0.3) is 0 Å². The van der Waals surface area contributed by atoms with Gasteiger partial charge in [-0.05, 0) is 36.5 Å². The number of rotatable bonds is 9. The number of benzene rings is 1. The number of methoxy groups -OCH3 is 1. The van der Waals surface area contributed by atoms with Crippen molar-refractivity contribution in [2.75, 3.05) is 41.0 Å². The highest BCUT2D eigenvalue weighted by Gasteiger charge is 2.21. The summed E-state index contributed by atoms with van der Waals surface area (Å²) in [6.07, 6.45) is 2.61. The van der Waals surface area contributed by atoms with Gasteiger partial charge in [0, 0.05) is 46.5 Å². The predicted octanol–water partition coefficient (Wildman–Crippen LogP) is 3.02. The van der Waals surface area contributed by atoms with Crippen molar-refractivity contribution in [3.63, 3.8) is 0 Å². The van der Waals surface area contributed by atoms with Crippen LogP contribution in [-0.4, -0.2) is 51.8 Å². The molecule has 0 unspecified atom stereocenters. The van der Waals surface area contributed by atoms with Crippen LogP contribution in [0.2, 0.25) is 0 Å². The minimum atomic E-state index is -0.241. The molecular weight excluding hydrogens is 436 g/mol. The largest absolute Gasteiger partial charge is 0.380 e. The predicted molar refractivity (Wildman–Crippen MR) is 109 cm³/mol. The Labute approximate surface area is 167 Å². The molecule has 1 aromatic rings. The van der Waals surface area contributed by atoms with E-state index in [2.05, 4.69) is 10.3 Å². The fourth-order valence-electron chi connectivity index (χ4n) is 2.41. The zero-order chi connectivity index (χ0) is 17.4. The van der Waals surface area contributed by atoms with Crippen LogP contribution in [0.3, 0.4) is 0 Å². The van der Waals surface area contributed by atoms with Crippen LogP contribution in [0.4, 0.5) is 4.39 Å².